The number of hydrogen-bond donors (Lipinski definition) is 0. The summed E-state index contributed by atoms with van der Waals surface area (Å²) in [6, 6.07) is 18.5. The van der Waals surface area contributed by atoms with E-state index in [1.807, 2.05) is 6.07 Å². The molecule has 0 radical (unpaired) electrons. The predicted molar refractivity (Wildman–Crippen MR) is 125 cm³/mol. The molecule has 1 aliphatic rings. The van der Waals surface area contributed by atoms with E-state index in [9.17, 15) is 4.79 Å². The van der Waals surface area contributed by atoms with Gasteiger partial charge in [0.15, 0.2) is 0 Å². The van der Waals surface area contributed by atoms with Crippen molar-refractivity contribution < 1.29 is 4.74 Å². The molecule has 1 aromatic heterocycles. The molecule has 1 saturated heterocycles. The molecule has 0 aliphatic carbocycles. The number of benzene rings is 2. The molecular weight excluding hydrogens is 435 g/mol. The lowest BCUT2D eigenvalue weighted by atomic mass is 10.2. The highest BCUT2D eigenvalue weighted by molar-refractivity contribution is 6.42. The highest BCUT2D eigenvalue weighted by Gasteiger charge is 2.16. The summed E-state index contributed by atoms with van der Waals surface area (Å²) >= 11 is 12.0. The van der Waals surface area contributed by atoms with Crippen molar-refractivity contribution in [3.8, 4) is 11.6 Å². The normalized spacial score (nSPS) is 14.6. The van der Waals surface area contributed by atoms with Gasteiger partial charge in [-0.25, -0.2) is 0 Å². The van der Waals surface area contributed by atoms with Gasteiger partial charge in [0.1, 0.15) is 0 Å². The Bertz CT molecular complexity index is 1070. The number of halogens is 2. The minimum atomic E-state index is -0.262. The number of ether oxygens (including phenoxy) is 1. The first kappa shape index (κ1) is 21.7. The first-order valence-electron chi connectivity index (χ1n) is 10.3. The van der Waals surface area contributed by atoms with Crippen LogP contribution in [0.5, 0.6) is 5.88 Å². The number of para-hydroxylation sites is 1. The summed E-state index contributed by atoms with van der Waals surface area (Å²) in [5, 5.41) is 5.09. The van der Waals surface area contributed by atoms with Crippen LogP contribution in [0.15, 0.2) is 65.5 Å². The van der Waals surface area contributed by atoms with Crippen molar-refractivity contribution in [1.82, 2.24) is 14.7 Å². The predicted octanol–water partition coefficient (Wildman–Crippen LogP) is 4.13. The van der Waals surface area contributed by atoms with Crippen molar-refractivity contribution in [3.63, 3.8) is 0 Å². The van der Waals surface area contributed by atoms with E-state index in [-0.39, 0.29) is 5.56 Å². The monoisotopic (exact) mass is 458 g/mol. The van der Waals surface area contributed by atoms with Gasteiger partial charge in [-0.2, -0.15) is 4.68 Å². The Balaban J connectivity index is 1.26. The lowest BCUT2D eigenvalue weighted by Crippen LogP contribution is -2.46. The number of aromatic nitrogens is 2. The SMILES string of the molecule is O=c1ccc(OCCCN2CCN(c3ccccc3)CC2)nn1-c1ccc(Cl)c(Cl)c1. The minimum Gasteiger partial charge on any atom is -0.477 e. The molecule has 0 amide bonds. The molecule has 2 heterocycles. The van der Waals surface area contributed by atoms with Crippen LogP contribution in [-0.4, -0.2) is 54.0 Å². The van der Waals surface area contributed by atoms with Gasteiger partial charge in [0.2, 0.25) is 5.88 Å². The number of piperazine rings is 1. The molecule has 0 spiro atoms. The molecule has 8 heteroatoms. The van der Waals surface area contributed by atoms with Gasteiger partial charge in [-0.1, -0.05) is 41.4 Å². The summed E-state index contributed by atoms with van der Waals surface area (Å²) in [5.74, 6) is 0.402. The fourth-order valence-corrected chi connectivity index (χ4v) is 3.90. The molecule has 31 heavy (non-hydrogen) atoms. The quantitative estimate of drug-likeness (QED) is 0.498. The van der Waals surface area contributed by atoms with E-state index >= 15 is 0 Å². The zero-order valence-electron chi connectivity index (χ0n) is 17.1. The second-order valence-electron chi connectivity index (χ2n) is 7.39. The largest absolute Gasteiger partial charge is 0.477 e. The van der Waals surface area contributed by atoms with Gasteiger partial charge in [0, 0.05) is 50.5 Å². The Morgan fingerprint density at radius 1 is 0.871 bits per heavy atom. The zero-order chi connectivity index (χ0) is 21.6. The number of hydrogen-bond acceptors (Lipinski definition) is 5. The average Bonchev–Trinajstić information content (AvgIpc) is 2.80. The highest BCUT2D eigenvalue weighted by atomic mass is 35.5. The third-order valence-electron chi connectivity index (χ3n) is 5.29. The molecule has 0 N–H and O–H groups in total. The van der Waals surface area contributed by atoms with Gasteiger partial charge in [-0.05, 0) is 36.8 Å². The van der Waals surface area contributed by atoms with Gasteiger partial charge in [-0.15, -0.1) is 5.10 Å². The van der Waals surface area contributed by atoms with Gasteiger partial charge in [0.25, 0.3) is 5.56 Å². The molecule has 1 fully saturated rings. The van der Waals surface area contributed by atoms with Gasteiger partial charge in [0.05, 0.1) is 22.3 Å². The topological polar surface area (TPSA) is 50.6 Å². The van der Waals surface area contributed by atoms with Crippen LogP contribution in [0.25, 0.3) is 5.69 Å². The molecule has 1 aliphatic heterocycles. The van der Waals surface area contributed by atoms with E-state index in [4.69, 9.17) is 27.9 Å². The van der Waals surface area contributed by atoms with Crippen LogP contribution in [0.3, 0.4) is 0 Å². The van der Waals surface area contributed by atoms with Gasteiger partial charge < -0.3 is 9.64 Å². The second-order valence-corrected chi connectivity index (χ2v) is 8.20. The smallest absolute Gasteiger partial charge is 0.271 e. The Morgan fingerprint density at radius 2 is 1.65 bits per heavy atom. The van der Waals surface area contributed by atoms with Crippen LogP contribution in [0.2, 0.25) is 10.0 Å². The summed E-state index contributed by atoms with van der Waals surface area (Å²) < 4.78 is 7.06. The van der Waals surface area contributed by atoms with Crippen LogP contribution in [0.4, 0.5) is 5.69 Å². The van der Waals surface area contributed by atoms with Crippen LogP contribution in [0.1, 0.15) is 6.42 Å². The van der Waals surface area contributed by atoms with Crippen LogP contribution in [-0.2, 0) is 0 Å². The van der Waals surface area contributed by atoms with E-state index in [0.717, 1.165) is 39.1 Å². The molecule has 0 saturated carbocycles. The molecule has 162 valence electrons. The maximum Gasteiger partial charge on any atom is 0.271 e. The van der Waals surface area contributed by atoms with Crippen molar-refractivity contribution in [2.75, 3.05) is 44.2 Å². The maximum atomic E-state index is 12.2. The third-order valence-corrected chi connectivity index (χ3v) is 6.02. The van der Waals surface area contributed by atoms with Crippen LogP contribution >= 0.6 is 23.2 Å². The standard InChI is InChI=1S/C23H24Cl2N4O2/c24-20-8-7-19(17-21(20)25)29-23(30)10-9-22(26-29)31-16-4-11-27-12-14-28(15-13-27)18-5-2-1-3-6-18/h1-3,5-10,17H,4,11-16H2. The second kappa shape index (κ2) is 10.2. The zero-order valence-corrected chi connectivity index (χ0v) is 18.6. The van der Waals surface area contributed by atoms with Crippen molar-refractivity contribution in [3.05, 3.63) is 81.1 Å². The van der Waals surface area contributed by atoms with E-state index < -0.39 is 0 Å². The lowest BCUT2D eigenvalue weighted by Gasteiger charge is -2.36. The molecule has 3 aromatic rings. The van der Waals surface area contributed by atoms with Crippen molar-refractivity contribution in [2.24, 2.45) is 0 Å². The molecule has 0 atom stereocenters. The fourth-order valence-electron chi connectivity index (χ4n) is 3.61. The molecule has 0 unspecified atom stereocenters. The first-order chi connectivity index (χ1) is 15.1. The Morgan fingerprint density at radius 3 is 2.39 bits per heavy atom. The van der Waals surface area contributed by atoms with Crippen molar-refractivity contribution >= 4 is 28.9 Å². The Kier molecular flexibility index (Phi) is 7.12. The van der Waals surface area contributed by atoms with E-state index in [2.05, 4.69) is 39.2 Å². The van der Waals surface area contributed by atoms with E-state index in [1.165, 1.54) is 16.4 Å². The van der Waals surface area contributed by atoms with Crippen molar-refractivity contribution in [1.29, 1.82) is 0 Å². The minimum absolute atomic E-state index is 0.262. The summed E-state index contributed by atoms with van der Waals surface area (Å²) in [7, 11) is 0. The van der Waals surface area contributed by atoms with E-state index in [0.29, 0.717) is 28.2 Å². The molecule has 2 aromatic carbocycles. The summed E-state index contributed by atoms with van der Waals surface area (Å²) in [6.45, 7) is 5.63. The number of rotatable bonds is 7. The maximum absolute atomic E-state index is 12.2. The highest BCUT2D eigenvalue weighted by Crippen LogP contribution is 2.24. The first-order valence-corrected chi connectivity index (χ1v) is 11.1. The number of anilines is 1. The average molecular weight is 459 g/mol. The van der Waals surface area contributed by atoms with Gasteiger partial charge >= 0.3 is 0 Å². The third kappa shape index (κ3) is 5.58. The summed E-state index contributed by atoms with van der Waals surface area (Å²) in [5.41, 5.74) is 1.57. The van der Waals surface area contributed by atoms with Crippen molar-refractivity contribution in [2.45, 2.75) is 6.42 Å². The molecule has 0 bridgehead atoms. The Labute approximate surface area is 191 Å². The molecule has 4 rings (SSSR count). The number of nitrogens with zero attached hydrogens (tertiary/aromatic N) is 4. The lowest BCUT2D eigenvalue weighted by molar-refractivity contribution is 0.220. The molecule has 6 nitrogen and oxygen atoms in total. The Hall–Kier alpha value is -2.54. The van der Waals surface area contributed by atoms with Crippen LogP contribution < -0.4 is 15.2 Å². The van der Waals surface area contributed by atoms with E-state index in [1.54, 1.807) is 24.3 Å². The summed E-state index contributed by atoms with van der Waals surface area (Å²) in [6.07, 6.45) is 0.888. The van der Waals surface area contributed by atoms with Crippen LogP contribution in [0, 0.1) is 0 Å². The fraction of sp³-hybridized carbons (Fsp3) is 0.304. The van der Waals surface area contributed by atoms with Gasteiger partial charge in [-0.3, -0.25) is 9.69 Å². The molecular formula is C23H24Cl2N4O2. The summed E-state index contributed by atoms with van der Waals surface area (Å²) in [4.78, 5) is 17.1.